The van der Waals surface area contributed by atoms with Gasteiger partial charge in [0.05, 0.1) is 6.04 Å². The second-order valence-corrected chi connectivity index (χ2v) is 8.22. The molecular formula is C23H30N4O. The fraction of sp³-hybridized carbons (Fsp3) is 0.522. The molecule has 1 fully saturated rings. The maximum atomic E-state index is 12.0. The van der Waals surface area contributed by atoms with E-state index in [-0.39, 0.29) is 11.9 Å². The Balaban J connectivity index is 1.45. The molecule has 0 radical (unpaired) electrons. The lowest BCUT2D eigenvalue weighted by molar-refractivity contribution is -0.132. The summed E-state index contributed by atoms with van der Waals surface area (Å²) in [5.41, 5.74) is 3.80. The highest BCUT2D eigenvalue weighted by atomic mass is 16.2. The van der Waals surface area contributed by atoms with Crippen LogP contribution in [0.25, 0.3) is 0 Å². The molecule has 2 atom stereocenters. The van der Waals surface area contributed by atoms with Crippen LogP contribution in [0.3, 0.4) is 0 Å². The molecule has 2 unspecified atom stereocenters. The summed E-state index contributed by atoms with van der Waals surface area (Å²) in [5.74, 6) is 1.47. The molecule has 4 rings (SSSR count). The summed E-state index contributed by atoms with van der Waals surface area (Å²) in [6.07, 6.45) is 6.15. The summed E-state index contributed by atoms with van der Waals surface area (Å²) in [5, 5.41) is 0. The Morgan fingerprint density at radius 2 is 2.04 bits per heavy atom. The van der Waals surface area contributed by atoms with E-state index in [1.54, 1.807) is 6.92 Å². The van der Waals surface area contributed by atoms with Crippen molar-refractivity contribution in [2.45, 2.75) is 58.0 Å². The van der Waals surface area contributed by atoms with Crippen molar-refractivity contribution in [1.82, 2.24) is 19.8 Å². The first-order valence-corrected chi connectivity index (χ1v) is 10.5. The normalized spacial score (nSPS) is 21.2. The molecule has 1 amide bonds. The van der Waals surface area contributed by atoms with E-state index in [0.29, 0.717) is 5.92 Å². The Bertz CT molecular complexity index is 823. The van der Waals surface area contributed by atoms with Crippen molar-refractivity contribution >= 4 is 5.91 Å². The molecule has 3 heterocycles. The lowest BCUT2D eigenvalue weighted by Crippen LogP contribution is -2.38. The Kier molecular flexibility index (Phi) is 5.72. The van der Waals surface area contributed by atoms with Gasteiger partial charge in [-0.1, -0.05) is 37.3 Å². The van der Waals surface area contributed by atoms with Gasteiger partial charge in [-0.15, -0.1) is 0 Å². The molecule has 0 aliphatic carbocycles. The third kappa shape index (κ3) is 4.09. The smallest absolute Gasteiger partial charge is 0.220 e. The van der Waals surface area contributed by atoms with Crippen LogP contribution in [0.15, 0.2) is 36.5 Å². The largest absolute Gasteiger partial charge is 0.333 e. The monoisotopic (exact) mass is 378 g/mol. The summed E-state index contributed by atoms with van der Waals surface area (Å²) in [7, 11) is 0. The predicted octanol–water partition coefficient (Wildman–Crippen LogP) is 3.71. The van der Waals surface area contributed by atoms with Crippen LogP contribution in [-0.2, 0) is 17.8 Å². The Morgan fingerprint density at radius 3 is 2.82 bits per heavy atom. The number of hydrogen-bond acceptors (Lipinski definition) is 4. The van der Waals surface area contributed by atoms with Crippen LogP contribution in [0.1, 0.15) is 67.7 Å². The van der Waals surface area contributed by atoms with Crippen LogP contribution in [0, 0.1) is 0 Å². The Hall–Kier alpha value is -2.27. The quantitative estimate of drug-likeness (QED) is 0.814. The van der Waals surface area contributed by atoms with E-state index in [4.69, 9.17) is 4.98 Å². The third-order valence-corrected chi connectivity index (χ3v) is 6.14. The lowest BCUT2D eigenvalue weighted by Gasteiger charge is -2.35. The van der Waals surface area contributed by atoms with Gasteiger partial charge < -0.3 is 4.90 Å². The number of fused-ring (bicyclic) bond motifs is 1. The van der Waals surface area contributed by atoms with Crippen LogP contribution in [0.2, 0.25) is 0 Å². The summed E-state index contributed by atoms with van der Waals surface area (Å²) < 4.78 is 0. The van der Waals surface area contributed by atoms with Gasteiger partial charge in [-0.3, -0.25) is 9.69 Å². The highest BCUT2D eigenvalue weighted by molar-refractivity contribution is 5.73. The molecule has 0 bridgehead atoms. The first-order chi connectivity index (χ1) is 13.6. The third-order valence-electron chi connectivity index (χ3n) is 6.14. The van der Waals surface area contributed by atoms with Crippen LogP contribution in [0.5, 0.6) is 0 Å². The molecule has 1 saturated heterocycles. The zero-order chi connectivity index (χ0) is 19.5. The molecule has 148 valence electrons. The molecule has 5 nitrogen and oxygen atoms in total. The topological polar surface area (TPSA) is 49.3 Å². The van der Waals surface area contributed by atoms with Gasteiger partial charge in [-0.25, -0.2) is 9.97 Å². The van der Waals surface area contributed by atoms with Crippen molar-refractivity contribution in [1.29, 1.82) is 0 Å². The molecule has 5 heteroatoms. The molecule has 2 aliphatic heterocycles. The standard InChI is InChI=1S/C23H30N4O/c1-17(19-8-4-3-5-9-19)15-26-13-11-21-20(16-26)14-24-23(25-21)22-10-6-7-12-27(22)18(2)28/h3-5,8-9,14,17,22H,6-7,10-13,15-16H2,1-2H3. The average molecular weight is 379 g/mol. The summed E-state index contributed by atoms with van der Waals surface area (Å²) in [6, 6.07) is 10.8. The molecule has 2 aromatic rings. The van der Waals surface area contributed by atoms with E-state index < -0.39 is 0 Å². The Labute approximate surface area is 167 Å². The van der Waals surface area contributed by atoms with Crippen molar-refractivity contribution < 1.29 is 4.79 Å². The zero-order valence-corrected chi connectivity index (χ0v) is 17.0. The number of hydrogen-bond donors (Lipinski definition) is 0. The van der Waals surface area contributed by atoms with Gasteiger partial charge in [0.15, 0.2) is 5.82 Å². The number of rotatable bonds is 4. The number of nitrogens with zero attached hydrogens (tertiary/aromatic N) is 4. The minimum absolute atomic E-state index is 0.0488. The highest BCUT2D eigenvalue weighted by Gasteiger charge is 2.29. The first kappa shape index (κ1) is 19.1. The number of likely N-dealkylation sites (tertiary alicyclic amines) is 1. The van der Waals surface area contributed by atoms with Gasteiger partial charge in [-0.2, -0.15) is 0 Å². The van der Waals surface area contributed by atoms with Crippen molar-refractivity contribution in [3.05, 3.63) is 59.2 Å². The van der Waals surface area contributed by atoms with E-state index in [1.807, 2.05) is 11.1 Å². The maximum absolute atomic E-state index is 12.0. The van der Waals surface area contributed by atoms with Crippen LogP contribution in [0.4, 0.5) is 0 Å². The van der Waals surface area contributed by atoms with Gasteiger partial charge in [-0.05, 0) is 30.7 Å². The molecule has 1 aromatic heterocycles. The molecule has 0 spiro atoms. The minimum Gasteiger partial charge on any atom is -0.333 e. The molecule has 0 N–H and O–H groups in total. The first-order valence-electron chi connectivity index (χ1n) is 10.5. The molecule has 0 saturated carbocycles. The van der Waals surface area contributed by atoms with Gasteiger partial charge in [0, 0.05) is 57.0 Å². The minimum atomic E-state index is 0.0488. The average Bonchev–Trinajstić information content (AvgIpc) is 2.74. The van der Waals surface area contributed by atoms with Gasteiger partial charge in [0.25, 0.3) is 0 Å². The maximum Gasteiger partial charge on any atom is 0.220 e. The van der Waals surface area contributed by atoms with Crippen LogP contribution < -0.4 is 0 Å². The van der Waals surface area contributed by atoms with E-state index in [2.05, 4.69) is 47.1 Å². The summed E-state index contributed by atoms with van der Waals surface area (Å²) >= 11 is 0. The van der Waals surface area contributed by atoms with E-state index >= 15 is 0 Å². The van der Waals surface area contributed by atoms with Gasteiger partial charge in [0.1, 0.15) is 0 Å². The SMILES string of the molecule is CC(=O)N1CCCCC1c1ncc2c(n1)CCN(CC(C)c1ccccc1)C2. The number of aromatic nitrogens is 2. The fourth-order valence-corrected chi connectivity index (χ4v) is 4.56. The predicted molar refractivity (Wildman–Crippen MR) is 110 cm³/mol. The van der Waals surface area contributed by atoms with Crippen molar-refractivity contribution in [3.8, 4) is 0 Å². The van der Waals surface area contributed by atoms with E-state index in [0.717, 1.165) is 57.7 Å². The highest BCUT2D eigenvalue weighted by Crippen LogP contribution is 2.30. The fourth-order valence-electron chi connectivity index (χ4n) is 4.56. The van der Waals surface area contributed by atoms with E-state index in [9.17, 15) is 4.79 Å². The molecule has 1 aromatic carbocycles. The lowest BCUT2D eigenvalue weighted by atomic mass is 9.98. The van der Waals surface area contributed by atoms with Gasteiger partial charge in [0.2, 0.25) is 5.91 Å². The summed E-state index contributed by atoms with van der Waals surface area (Å²) in [4.78, 5) is 26.0. The number of piperidine rings is 1. The second kappa shape index (κ2) is 8.39. The molecular weight excluding hydrogens is 348 g/mol. The molecule has 2 aliphatic rings. The number of carbonyl (C=O) groups is 1. The summed E-state index contributed by atoms with van der Waals surface area (Å²) in [6.45, 7) is 7.76. The number of carbonyl (C=O) groups excluding carboxylic acids is 1. The Morgan fingerprint density at radius 1 is 1.21 bits per heavy atom. The zero-order valence-electron chi connectivity index (χ0n) is 17.0. The second-order valence-electron chi connectivity index (χ2n) is 8.22. The van der Waals surface area contributed by atoms with Gasteiger partial charge >= 0.3 is 0 Å². The number of amides is 1. The van der Waals surface area contributed by atoms with Crippen molar-refractivity contribution in [3.63, 3.8) is 0 Å². The van der Waals surface area contributed by atoms with E-state index in [1.165, 1.54) is 16.8 Å². The molecule has 28 heavy (non-hydrogen) atoms. The van der Waals surface area contributed by atoms with Crippen molar-refractivity contribution in [2.75, 3.05) is 19.6 Å². The van der Waals surface area contributed by atoms with Crippen LogP contribution >= 0.6 is 0 Å². The van der Waals surface area contributed by atoms with Crippen molar-refractivity contribution in [2.24, 2.45) is 0 Å². The van der Waals surface area contributed by atoms with Crippen LogP contribution in [-0.4, -0.2) is 45.3 Å². The number of benzene rings is 1.